The van der Waals surface area contributed by atoms with E-state index in [-0.39, 0.29) is 18.9 Å². The Kier molecular flexibility index (Phi) is 5.56. The smallest absolute Gasteiger partial charge is 0.129 e. The molecular weight excluding hydrogens is 293 g/mol. The SMILES string of the molecule is COc1cccc(C(O)CNCc2c(F)cccc2Cl)c1. The molecule has 0 aliphatic carbocycles. The van der Waals surface area contributed by atoms with E-state index >= 15 is 0 Å². The molecular formula is C16H17ClFNO2. The maximum Gasteiger partial charge on any atom is 0.129 e. The van der Waals surface area contributed by atoms with Crippen LogP contribution in [0.3, 0.4) is 0 Å². The van der Waals surface area contributed by atoms with Crippen molar-refractivity contribution in [1.29, 1.82) is 0 Å². The predicted octanol–water partition coefficient (Wildman–Crippen LogP) is 3.31. The number of nitrogens with one attached hydrogen (secondary N) is 1. The van der Waals surface area contributed by atoms with Crippen molar-refractivity contribution in [2.75, 3.05) is 13.7 Å². The Morgan fingerprint density at radius 3 is 2.76 bits per heavy atom. The Labute approximate surface area is 128 Å². The van der Waals surface area contributed by atoms with Crippen molar-refractivity contribution in [3.8, 4) is 5.75 Å². The largest absolute Gasteiger partial charge is 0.497 e. The van der Waals surface area contributed by atoms with Crippen molar-refractivity contribution < 1.29 is 14.2 Å². The van der Waals surface area contributed by atoms with Gasteiger partial charge in [-0.1, -0.05) is 29.8 Å². The lowest BCUT2D eigenvalue weighted by Gasteiger charge is -2.14. The molecule has 112 valence electrons. The highest BCUT2D eigenvalue weighted by atomic mass is 35.5. The summed E-state index contributed by atoms with van der Waals surface area (Å²) in [5.41, 5.74) is 1.14. The molecule has 0 spiro atoms. The van der Waals surface area contributed by atoms with Crippen LogP contribution in [0.4, 0.5) is 4.39 Å². The first-order chi connectivity index (χ1) is 10.1. The van der Waals surface area contributed by atoms with Crippen molar-refractivity contribution >= 4 is 11.6 Å². The number of halogens is 2. The first kappa shape index (κ1) is 15.8. The second-order valence-corrected chi connectivity index (χ2v) is 5.03. The first-order valence-electron chi connectivity index (χ1n) is 6.57. The van der Waals surface area contributed by atoms with E-state index in [0.29, 0.717) is 16.3 Å². The Hall–Kier alpha value is -1.62. The monoisotopic (exact) mass is 309 g/mol. The van der Waals surface area contributed by atoms with E-state index in [4.69, 9.17) is 16.3 Å². The highest BCUT2D eigenvalue weighted by molar-refractivity contribution is 6.31. The maximum atomic E-state index is 13.6. The van der Waals surface area contributed by atoms with Crippen LogP contribution in [0.25, 0.3) is 0 Å². The molecule has 0 bridgehead atoms. The molecule has 0 heterocycles. The number of ether oxygens (including phenoxy) is 1. The Morgan fingerprint density at radius 1 is 1.29 bits per heavy atom. The summed E-state index contributed by atoms with van der Waals surface area (Å²) in [6, 6.07) is 11.8. The molecule has 2 aromatic carbocycles. The van der Waals surface area contributed by atoms with Crippen molar-refractivity contribution in [3.63, 3.8) is 0 Å². The molecule has 0 aromatic heterocycles. The van der Waals surface area contributed by atoms with E-state index in [1.165, 1.54) is 6.07 Å². The van der Waals surface area contributed by atoms with Crippen LogP contribution in [0.1, 0.15) is 17.2 Å². The van der Waals surface area contributed by atoms with Gasteiger partial charge in [0.25, 0.3) is 0 Å². The molecule has 2 aromatic rings. The number of hydrogen-bond acceptors (Lipinski definition) is 3. The molecule has 0 aliphatic heterocycles. The fourth-order valence-corrected chi connectivity index (χ4v) is 2.23. The summed E-state index contributed by atoms with van der Waals surface area (Å²) in [7, 11) is 1.57. The van der Waals surface area contributed by atoms with Crippen LogP contribution in [0.5, 0.6) is 5.75 Å². The average Bonchev–Trinajstić information content (AvgIpc) is 2.50. The summed E-state index contributed by atoms with van der Waals surface area (Å²) in [5, 5.41) is 13.5. The number of rotatable bonds is 6. The molecule has 0 saturated carbocycles. The maximum absolute atomic E-state index is 13.6. The fourth-order valence-electron chi connectivity index (χ4n) is 2.00. The normalized spacial score (nSPS) is 12.2. The predicted molar refractivity (Wildman–Crippen MR) is 81.1 cm³/mol. The standard InChI is InChI=1S/C16H17ClFNO2/c1-21-12-5-2-4-11(8-12)16(20)10-19-9-13-14(17)6-3-7-15(13)18/h2-8,16,19-20H,9-10H2,1H3. The third-order valence-corrected chi connectivity index (χ3v) is 3.53. The van der Waals surface area contributed by atoms with Crippen LogP contribution in [0.15, 0.2) is 42.5 Å². The minimum atomic E-state index is -0.703. The number of aliphatic hydroxyl groups is 1. The summed E-state index contributed by atoms with van der Waals surface area (Å²) >= 11 is 5.94. The van der Waals surface area contributed by atoms with Gasteiger partial charge in [0, 0.05) is 23.7 Å². The van der Waals surface area contributed by atoms with Gasteiger partial charge >= 0.3 is 0 Å². The van der Waals surface area contributed by atoms with Crippen molar-refractivity contribution in [3.05, 3.63) is 64.4 Å². The third-order valence-electron chi connectivity index (χ3n) is 3.18. The molecule has 0 fully saturated rings. The van der Waals surface area contributed by atoms with Crippen molar-refractivity contribution in [1.82, 2.24) is 5.32 Å². The van der Waals surface area contributed by atoms with Gasteiger partial charge in [-0.15, -0.1) is 0 Å². The molecule has 1 atom stereocenters. The van der Waals surface area contributed by atoms with E-state index < -0.39 is 6.10 Å². The molecule has 0 amide bonds. The minimum Gasteiger partial charge on any atom is -0.497 e. The summed E-state index contributed by atoms with van der Waals surface area (Å²) in [6.45, 7) is 0.546. The second kappa shape index (κ2) is 7.41. The van der Waals surface area contributed by atoms with E-state index in [1.54, 1.807) is 25.3 Å². The Morgan fingerprint density at radius 2 is 2.05 bits per heavy atom. The molecule has 2 rings (SSSR count). The molecule has 5 heteroatoms. The van der Waals surface area contributed by atoms with Gasteiger partial charge in [-0.25, -0.2) is 4.39 Å². The van der Waals surface area contributed by atoms with Gasteiger partial charge in [0.2, 0.25) is 0 Å². The van der Waals surface area contributed by atoms with Crippen LogP contribution < -0.4 is 10.1 Å². The summed E-state index contributed by atoms with van der Waals surface area (Å²) < 4.78 is 18.7. The molecule has 0 radical (unpaired) electrons. The van der Waals surface area contributed by atoms with E-state index in [0.717, 1.165) is 5.56 Å². The lowest BCUT2D eigenvalue weighted by atomic mass is 10.1. The van der Waals surface area contributed by atoms with Gasteiger partial charge in [0.15, 0.2) is 0 Å². The lowest BCUT2D eigenvalue weighted by molar-refractivity contribution is 0.174. The molecule has 21 heavy (non-hydrogen) atoms. The zero-order chi connectivity index (χ0) is 15.2. The van der Waals surface area contributed by atoms with Gasteiger partial charge in [0.1, 0.15) is 11.6 Å². The Bertz CT molecular complexity index is 586. The lowest BCUT2D eigenvalue weighted by Crippen LogP contribution is -2.21. The van der Waals surface area contributed by atoms with Gasteiger partial charge in [0.05, 0.1) is 13.2 Å². The van der Waals surface area contributed by atoms with Gasteiger partial charge in [-0.3, -0.25) is 0 Å². The molecule has 1 unspecified atom stereocenters. The summed E-state index contributed by atoms with van der Waals surface area (Å²) in [5.74, 6) is 0.328. The quantitative estimate of drug-likeness (QED) is 0.860. The highest BCUT2D eigenvalue weighted by Crippen LogP contribution is 2.20. The van der Waals surface area contributed by atoms with Crippen LogP contribution in [0.2, 0.25) is 5.02 Å². The average molecular weight is 310 g/mol. The second-order valence-electron chi connectivity index (χ2n) is 4.62. The number of aliphatic hydroxyl groups excluding tert-OH is 1. The highest BCUT2D eigenvalue weighted by Gasteiger charge is 2.10. The van der Waals surface area contributed by atoms with E-state index in [1.807, 2.05) is 18.2 Å². The number of benzene rings is 2. The molecule has 2 N–H and O–H groups in total. The fraction of sp³-hybridized carbons (Fsp3) is 0.250. The topological polar surface area (TPSA) is 41.5 Å². The van der Waals surface area contributed by atoms with E-state index in [2.05, 4.69) is 5.32 Å². The van der Waals surface area contributed by atoms with Crippen molar-refractivity contribution in [2.24, 2.45) is 0 Å². The van der Waals surface area contributed by atoms with Crippen LogP contribution in [-0.4, -0.2) is 18.8 Å². The number of methoxy groups -OCH3 is 1. The van der Waals surface area contributed by atoms with Crippen LogP contribution >= 0.6 is 11.6 Å². The zero-order valence-corrected chi connectivity index (χ0v) is 12.4. The van der Waals surface area contributed by atoms with Crippen LogP contribution in [0, 0.1) is 5.82 Å². The first-order valence-corrected chi connectivity index (χ1v) is 6.95. The third kappa shape index (κ3) is 4.17. The van der Waals surface area contributed by atoms with Crippen LogP contribution in [-0.2, 0) is 6.54 Å². The number of hydrogen-bond donors (Lipinski definition) is 2. The molecule has 0 aliphatic rings. The molecule has 3 nitrogen and oxygen atoms in total. The zero-order valence-electron chi connectivity index (χ0n) is 11.6. The van der Waals surface area contributed by atoms with Gasteiger partial charge in [-0.2, -0.15) is 0 Å². The Balaban J connectivity index is 1.93. The summed E-state index contributed by atoms with van der Waals surface area (Å²) in [6.07, 6.45) is -0.703. The minimum absolute atomic E-state index is 0.256. The molecule has 0 saturated heterocycles. The van der Waals surface area contributed by atoms with E-state index in [9.17, 15) is 9.50 Å². The van der Waals surface area contributed by atoms with Gasteiger partial charge in [-0.05, 0) is 29.8 Å². The summed E-state index contributed by atoms with van der Waals surface area (Å²) in [4.78, 5) is 0. The van der Waals surface area contributed by atoms with Crippen molar-refractivity contribution in [2.45, 2.75) is 12.6 Å². The van der Waals surface area contributed by atoms with Gasteiger partial charge < -0.3 is 15.2 Å².